The molecule has 0 aromatic heterocycles. The first-order chi connectivity index (χ1) is 8.13. The molecule has 1 saturated heterocycles. The Labute approximate surface area is 104 Å². The Bertz CT molecular complexity index is 509. The summed E-state index contributed by atoms with van der Waals surface area (Å²) >= 11 is 6.01. The molecule has 1 aromatic rings. The maximum absolute atomic E-state index is 11.8. The van der Waals surface area contributed by atoms with Gasteiger partial charge < -0.3 is 4.90 Å². The van der Waals surface area contributed by atoms with E-state index in [-0.39, 0.29) is 18.4 Å². The number of amides is 1. The Morgan fingerprint density at radius 2 is 2.29 bits per heavy atom. The van der Waals surface area contributed by atoms with Crippen LogP contribution in [0.3, 0.4) is 0 Å². The number of isocyanates is 1. The molecule has 5 heteroatoms. The van der Waals surface area contributed by atoms with Crippen molar-refractivity contribution in [1.82, 2.24) is 0 Å². The normalized spacial score (nSPS) is 19.3. The Morgan fingerprint density at radius 1 is 1.53 bits per heavy atom. The third-order valence-corrected chi connectivity index (χ3v) is 3.28. The average molecular weight is 251 g/mol. The number of benzene rings is 1. The number of nitrogens with zero attached hydrogens (tertiary/aromatic N) is 2. The molecule has 0 saturated carbocycles. The first-order valence-electron chi connectivity index (χ1n) is 5.26. The summed E-state index contributed by atoms with van der Waals surface area (Å²) in [5.41, 5.74) is 1.64. The molecule has 1 heterocycles. The third kappa shape index (κ3) is 2.23. The Morgan fingerprint density at radius 3 is 3.00 bits per heavy atom. The standard InChI is InChI=1S/C12H11ClN2O2/c1-8-10(13)3-2-4-11(8)15-6-9(14-7-16)5-12(15)17/h2-4,9H,5-6H2,1H3. The lowest BCUT2D eigenvalue weighted by molar-refractivity contribution is -0.117. The molecule has 1 fully saturated rings. The van der Waals surface area contributed by atoms with Crippen molar-refractivity contribution in [2.24, 2.45) is 4.99 Å². The fourth-order valence-electron chi connectivity index (χ4n) is 1.97. The largest absolute Gasteiger partial charge is 0.310 e. The maximum Gasteiger partial charge on any atom is 0.235 e. The zero-order valence-corrected chi connectivity index (χ0v) is 10.1. The van der Waals surface area contributed by atoms with Gasteiger partial charge in [-0.25, -0.2) is 9.79 Å². The lowest BCUT2D eigenvalue weighted by atomic mass is 10.2. The maximum atomic E-state index is 11.8. The van der Waals surface area contributed by atoms with Gasteiger partial charge in [-0.2, -0.15) is 0 Å². The van der Waals surface area contributed by atoms with Crippen molar-refractivity contribution in [2.75, 3.05) is 11.4 Å². The molecule has 0 radical (unpaired) electrons. The van der Waals surface area contributed by atoms with E-state index < -0.39 is 0 Å². The van der Waals surface area contributed by atoms with Crippen molar-refractivity contribution < 1.29 is 9.59 Å². The molecule has 1 aliphatic rings. The second kappa shape index (κ2) is 4.70. The van der Waals surface area contributed by atoms with Crippen molar-refractivity contribution >= 4 is 29.3 Å². The number of hydrogen-bond acceptors (Lipinski definition) is 3. The Hall–Kier alpha value is -1.64. The van der Waals surface area contributed by atoms with Gasteiger partial charge in [-0.05, 0) is 24.6 Å². The van der Waals surface area contributed by atoms with Crippen LogP contribution in [-0.4, -0.2) is 24.6 Å². The summed E-state index contributed by atoms with van der Waals surface area (Å²) in [6.45, 7) is 2.27. The molecular weight excluding hydrogens is 240 g/mol. The molecule has 1 aromatic carbocycles. The Kier molecular flexibility index (Phi) is 3.27. The van der Waals surface area contributed by atoms with E-state index >= 15 is 0 Å². The van der Waals surface area contributed by atoms with E-state index in [9.17, 15) is 9.59 Å². The molecular formula is C12H11ClN2O2. The van der Waals surface area contributed by atoms with Crippen LogP contribution in [0.5, 0.6) is 0 Å². The van der Waals surface area contributed by atoms with Gasteiger partial charge >= 0.3 is 0 Å². The fourth-order valence-corrected chi connectivity index (χ4v) is 2.14. The summed E-state index contributed by atoms with van der Waals surface area (Å²) in [7, 11) is 0. The lowest BCUT2D eigenvalue weighted by Crippen LogP contribution is -2.25. The van der Waals surface area contributed by atoms with Crippen LogP contribution in [0, 0.1) is 6.92 Å². The van der Waals surface area contributed by atoms with Crippen molar-refractivity contribution in [3.05, 3.63) is 28.8 Å². The number of carbonyl (C=O) groups excluding carboxylic acids is 2. The zero-order valence-electron chi connectivity index (χ0n) is 9.31. The second-order valence-electron chi connectivity index (χ2n) is 3.97. The third-order valence-electron chi connectivity index (χ3n) is 2.87. The van der Waals surface area contributed by atoms with Crippen LogP contribution in [0.25, 0.3) is 0 Å². The highest BCUT2D eigenvalue weighted by atomic mass is 35.5. The Balaban J connectivity index is 2.32. The summed E-state index contributed by atoms with van der Waals surface area (Å²) in [5, 5.41) is 0.623. The van der Waals surface area contributed by atoms with Gasteiger partial charge in [0, 0.05) is 17.3 Å². The second-order valence-corrected chi connectivity index (χ2v) is 4.37. The van der Waals surface area contributed by atoms with Gasteiger partial charge in [0.1, 0.15) is 0 Å². The quantitative estimate of drug-likeness (QED) is 0.596. The number of halogens is 1. The minimum Gasteiger partial charge on any atom is -0.310 e. The van der Waals surface area contributed by atoms with Gasteiger partial charge in [-0.1, -0.05) is 17.7 Å². The number of anilines is 1. The summed E-state index contributed by atoms with van der Waals surface area (Å²) in [4.78, 5) is 27.2. The van der Waals surface area contributed by atoms with Gasteiger partial charge in [-0.15, -0.1) is 0 Å². The molecule has 1 atom stereocenters. The van der Waals surface area contributed by atoms with Gasteiger partial charge in [0.2, 0.25) is 12.0 Å². The topological polar surface area (TPSA) is 49.7 Å². The zero-order chi connectivity index (χ0) is 12.4. The predicted octanol–water partition coefficient (Wildman–Crippen LogP) is 2.09. The van der Waals surface area contributed by atoms with E-state index in [0.717, 1.165) is 11.3 Å². The highest BCUT2D eigenvalue weighted by molar-refractivity contribution is 6.31. The van der Waals surface area contributed by atoms with E-state index in [4.69, 9.17) is 11.6 Å². The summed E-state index contributed by atoms with van der Waals surface area (Å²) < 4.78 is 0. The molecule has 0 bridgehead atoms. The van der Waals surface area contributed by atoms with E-state index in [2.05, 4.69) is 4.99 Å². The van der Waals surface area contributed by atoms with Crippen LogP contribution in [0.2, 0.25) is 5.02 Å². The minimum absolute atomic E-state index is 0.0423. The van der Waals surface area contributed by atoms with Gasteiger partial charge in [0.05, 0.1) is 12.5 Å². The highest BCUT2D eigenvalue weighted by Gasteiger charge is 2.31. The van der Waals surface area contributed by atoms with Crippen LogP contribution in [0.4, 0.5) is 5.69 Å². The molecule has 0 spiro atoms. The molecule has 4 nitrogen and oxygen atoms in total. The number of rotatable bonds is 2. The van der Waals surface area contributed by atoms with Crippen LogP contribution in [0.15, 0.2) is 23.2 Å². The highest BCUT2D eigenvalue weighted by Crippen LogP contribution is 2.30. The first-order valence-corrected chi connectivity index (χ1v) is 5.63. The predicted molar refractivity (Wildman–Crippen MR) is 65.1 cm³/mol. The van der Waals surface area contributed by atoms with E-state index in [1.165, 1.54) is 6.08 Å². The van der Waals surface area contributed by atoms with E-state index in [0.29, 0.717) is 11.6 Å². The summed E-state index contributed by atoms with van der Waals surface area (Å²) in [6, 6.07) is 5.13. The summed E-state index contributed by atoms with van der Waals surface area (Å²) in [5.74, 6) is -0.0423. The summed E-state index contributed by atoms with van der Waals surface area (Å²) in [6.07, 6.45) is 1.75. The monoisotopic (exact) mass is 250 g/mol. The minimum atomic E-state index is -0.293. The van der Waals surface area contributed by atoms with Crippen molar-refractivity contribution in [1.29, 1.82) is 0 Å². The average Bonchev–Trinajstić information content (AvgIpc) is 2.64. The molecule has 88 valence electrons. The molecule has 1 aliphatic heterocycles. The van der Waals surface area contributed by atoms with Crippen LogP contribution < -0.4 is 4.90 Å². The molecule has 0 N–H and O–H groups in total. The molecule has 17 heavy (non-hydrogen) atoms. The van der Waals surface area contributed by atoms with Crippen molar-refractivity contribution in [3.63, 3.8) is 0 Å². The smallest absolute Gasteiger partial charge is 0.235 e. The SMILES string of the molecule is Cc1c(Cl)cccc1N1CC(N=C=O)CC1=O. The number of hydrogen-bond donors (Lipinski definition) is 0. The van der Waals surface area contributed by atoms with Crippen LogP contribution in [-0.2, 0) is 9.59 Å². The first kappa shape index (κ1) is 11.8. The van der Waals surface area contributed by atoms with Gasteiger partial charge in [0.25, 0.3) is 0 Å². The van der Waals surface area contributed by atoms with Gasteiger partial charge in [-0.3, -0.25) is 4.79 Å². The molecule has 0 aliphatic carbocycles. The van der Waals surface area contributed by atoms with Gasteiger partial charge in [0.15, 0.2) is 0 Å². The molecule has 1 unspecified atom stereocenters. The van der Waals surface area contributed by atoms with Crippen molar-refractivity contribution in [2.45, 2.75) is 19.4 Å². The fraction of sp³-hybridized carbons (Fsp3) is 0.333. The lowest BCUT2D eigenvalue weighted by Gasteiger charge is -2.18. The van der Waals surface area contributed by atoms with E-state index in [1.807, 2.05) is 13.0 Å². The van der Waals surface area contributed by atoms with Crippen LogP contribution in [0.1, 0.15) is 12.0 Å². The van der Waals surface area contributed by atoms with E-state index in [1.54, 1.807) is 17.0 Å². The van der Waals surface area contributed by atoms with Crippen LogP contribution >= 0.6 is 11.6 Å². The van der Waals surface area contributed by atoms with Crippen molar-refractivity contribution in [3.8, 4) is 0 Å². The number of carbonyl (C=O) groups is 1. The molecule has 1 amide bonds. The number of aliphatic imine (C=N–C) groups is 1. The molecule has 2 rings (SSSR count).